The summed E-state index contributed by atoms with van der Waals surface area (Å²) < 4.78 is 19.4. The fraction of sp³-hybridized carbons (Fsp3) is 0.424. The maximum absolute atomic E-state index is 13.5. The third-order valence-corrected chi connectivity index (χ3v) is 8.80. The van der Waals surface area contributed by atoms with E-state index in [-0.39, 0.29) is 5.82 Å². The normalized spacial score (nSPS) is 13.6. The summed E-state index contributed by atoms with van der Waals surface area (Å²) in [4.78, 5) is 21.0. The molecule has 1 aliphatic heterocycles. The lowest BCUT2D eigenvalue weighted by molar-refractivity contribution is 0.228. The SMILES string of the molecule is CN(C)C.COc1c(Nc2cc(C)[nH]n2)nc(Sc2ccc(SCc3cccc(F)c3)cc2)nc1N1CCN(CCN(C)C)CC1. The second-order valence-corrected chi connectivity index (χ2v) is 13.8. The molecule has 5 rings (SSSR count). The minimum atomic E-state index is -0.207. The van der Waals surface area contributed by atoms with E-state index in [1.807, 2.05) is 45.1 Å². The second kappa shape index (κ2) is 17.5. The van der Waals surface area contributed by atoms with Crippen LogP contribution in [0.1, 0.15) is 11.3 Å². The molecule has 10 nitrogen and oxygen atoms in total. The third kappa shape index (κ3) is 11.2. The maximum atomic E-state index is 13.5. The number of aromatic nitrogens is 4. The van der Waals surface area contributed by atoms with E-state index in [9.17, 15) is 4.39 Å². The topological polar surface area (TPSA) is 88.7 Å². The second-order valence-electron chi connectivity index (χ2n) is 11.7. The number of aryl methyl sites for hydroxylation is 1. The van der Waals surface area contributed by atoms with Crippen LogP contribution in [-0.2, 0) is 5.75 Å². The highest BCUT2D eigenvalue weighted by Crippen LogP contribution is 2.38. The first-order valence-corrected chi connectivity index (χ1v) is 17.0. The van der Waals surface area contributed by atoms with E-state index in [0.29, 0.717) is 28.3 Å². The molecule has 2 aromatic heterocycles. The van der Waals surface area contributed by atoms with Gasteiger partial charge < -0.3 is 24.8 Å². The average molecular weight is 668 g/mol. The van der Waals surface area contributed by atoms with Crippen molar-refractivity contribution in [3.63, 3.8) is 0 Å². The lowest BCUT2D eigenvalue weighted by Gasteiger charge is -2.36. The molecule has 1 aliphatic rings. The van der Waals surface area contributed by atoms with Crippen molar-refractivity contribution in [2.45, 2.75) is 27.6 Å². The fourth-order valence-corrected chi connectivity index (χ4v) is 6.18. The number of nitrogens with zero attached hydrogens (tertiary/aromatic N) is 7. The molecule has 1 fully saturated rings. The number of benzene rings is 2. The van der Waals surface area contributed by atoms with Crippen LogP contribution in [0.4, 0.5) is 21.8 Å². The molecule has 0 amide bonds. The summed E-state index contributed by atoms with van der Waals surface area (Å²) in [5, 5.41) is 11.3. The number of ether oxygens (including phenoxy) is 1. The molecule has 0 radical (unpaired) electrons. The third-order valence-electron chi connectivity index (χ3n) is 6.85. The van der Waals surface area contributed by atoms with Gasteiger partial charge in [-0.25, -0.2) is 14.4 Å². The molecule has 13 heteroatoms. The first-order chi connectivity index (χ1) is 22.1. The number of hydrogen-bond acceptors (Lipinski definition) is 11. The van der Waals surface area contributed by atoms with Gasteiger partial charge in [-0.05, 0) is 95.9 Å². The Morgan fingerprint density at radius 2 is 1.65 bits per heavy atom. The number of anilines is 3. The van der Waals surface area contributed by atoms with Crippen LogP contribution in [0, 0.1) is 12.7 Å². The van der Waals surface area contributed by atoms with Gasteiger partial charge in [-0.15, -0.1) is 11.8 Å². The molecule has 1 saturated heterocycles. The molecular formula is C33H46FN9OS2. The van der Waals surface area contributed by atoms with Crippen molar-refractivity contribution in [1.29, 1.82) is 0 Å². The summed E-state index contributed by atoms with van der Waals surface area (Å²) >= 11 is 3.18. The number of thioether (sulfide) groups is 1. The summed E-state index contributed by atoms with van der Waals surface area (Å²) in [7, 11) is 11.9. The molecule has 0 spiro atoms. The summed E-state index contributed by atoms with van der Waals surface area (Å²) in [6, 6.07) is 17.0. The van der Waals surface area contributed by atoms with E-state index in [4.69, 9.17) is 14.7 Å². The number of methoxy groups -OCH3 is 1. The molecule has 2 aromatic carbocycles. The number of rotatable bonds is 12. The van der Waals surface area contributed by atoms with Gasteiger partial charge in [-0.1, -0.05) is 12.1 Å². The summed E-state index contributed by atoms with van der Waals surface area (Å²) in [5.74, 6) is 3.12. The van der Waals surface area contributed by atoms with E-state index >= 15 is 0 Å². The van der Waals surface area contributed by atoms with Gasteiger partial charge in [-0.3, -0.25) is 10.00 Å². The number of halogens is 1. The first kappa shape index (κ1) is 35.5. The van der Waals surface area contributed by atoms with Crippen molar-refractivity contribution in [3.8, 4) is 5.75 Å². The molecule has 0 atom stereocenters. The minimum Gasteiger partial charge on any atom is -0.490 e. The predicted molar refractivity (Wildman–Crippen MR) is 189 cm³/mol. The minimum absolute atomic E-state index is 0.207. The van der Waals surface area contributed by atoms with E-state index in [1.54, 1.807) is 31.0 Å². The highest BCUT2D eigenvalue weighted by atomic mass is 32.2. The standard InChI is InChI=1S/C30H37FN8OS2.C3H9N/c1-21-18-26(36-35-21)32-28-27(40-4)29(39-16-14-38(15-17-39)13-12-37(2)3)34-30(33-28)42-25-10-8-24(9-11-25)41-20-22-6-5-7-23(31)19-22;1-4(2)3/h5-11,18-19H,12-17,20H2,1-4H3,(H2,32,33,34,35,36);1-3H3. The molecule has 2 N–H and O–H groups in total. The van der Waals surface area contributed by atoms with Crippen LogP contribution in [0.25, 0.3) is 0 Å². The molecule has 3 heterocycles. The fourth-order valence-electron chi connectivity index (χ4n) is 4.58. The van der Waals surface area contributed by atoms with Gasteiger partial charge in [0.15, 0.2) is 22.6 Å². The van der Waals surface area contributed by atoms with Gasteiger partial charge in [0, 0.05) is 66.6 Å². The van der Waals surface area contributed by atoms with Gasteiger partial charge >= 0.3 is 0 Å². The molecule has 0 saturated carbocycles. The van der Waals surface area contributed by atoms with Gasteiger partial charge in [0.05, 0.1) is 7.11 Å². The van der Waals surface area contributed by atoms with Crippen LogP contribution in [0.2, 0.25) is 0 Å². The molecule has 0 unspecified atom stereocenters. The highest BCUT2D eigenvalue weighted by Gasteiger charge is 2.25. The van der Waals surface area contributed by atoms with Crippen molar-refractivity contribution in [3.05, 3.63) is 71.7 Å². The van der Waals surface area contributed by atoms with Crippen molar-refractivity contribution in [2.75, 3.05) is 91.8 Å². The average Bonchev–Trinajstić information content (AvgIpc) is 3.43. The quantitative estimate of drug-likeness (QED) is 0.144. The Balaban J connectivity index is 0.00000113. The zero-order chi connectivity index (χ0) is 33.1. The largest absolute Gasteiger partial charge is 0.490 e. The Kier molecular flexibility index (Phi) is 13.5. The zero-order valence-corrected chi connectivity index (χ0v) is 29.5. The predicted octanol–water partition coefficient (Wildman–Crippen LogP) is 5.70. The van der Waals surface area contributed by atoms with Crippen LogP contribution < -0.4 is 15.0 Å². The molecule has 0 aliphatic carbocycles. The Labute approximate surface area is 281 Å². The van der Waals surface area contributed by atoms with Crippen LogP contribution in [-0.4, -0.2) is 116 Å². The monoisotopic (exact) mass is 667 g/mol. The Bertz CT molecular complexity index is 1510. The van der Waals surface area contributed by atoms with Gasteiger partial charge in [0.2, 0.25) is 5.75 Å². The first-order valence-electron chi connectivity index (χ1n) is 15.2. The lowest BCUT2D eigenvalue weighted by atomic mass is 10.2. The highest BCUT2D eigenvalue weighted by molar-refractivity contribution is 7.99. The number of H-pyrrole nitrogens is 1. The molecular weight excluding hydrogens is 622 g/mol. The van der Waals surface area contributed by atoms with E-state index < -0.39 is 0 Å². The van der Waals surface area contributed by atoms with Gasteiger partial charge in [-0.2, -0.15) is 5.10 Å². The van der Waals surface area contributed by atoms with Crippen LogP contribution in [0.5, 0.6) is 5.75 Å². The van der Waals surface area contributed by atoms with Crippen molar-refractivity contribution >= 4 is 41.0 Å². The molecule has 0 bridgehead atoms. The summed E-state index contributed by atoms with van der Waals surface area (Å²) in [5.41, 5.74) is 1.91. The zero-order valence-electron chi connectivity index (χ0n) is 27.9. The van der Waals surface area contributed by atoms with Crippen LogP contribution in [0.3, 0.4) is 0 Å². The smallest absolute Gasteiger partial charge is 0.204 e. The molecule has 248 valence electrons. The molecule has 46 heavy (non-hydrogen) atoms. The van der Waals surface area contributed by atoms with Gasteiger partial charge in [0.1, 0.15) is 5.82 Å². The van der Waals surface area contributed by atoms with Crippen molar-refractivity contribution in [2.24, 2.45) is 0 Å². The molecule has 4 aromatic rings. The van der Waals surface area contributed by atoms with Crippen LogP contribution in [0.15, 0.2) is 69.5 Å². The summed E-state index contributed by atoms with van der Waals surface area (Å²) in [6.07, 6.45) is 0. The van der Waals surface area contributed by atoms with Crippen molar-refractivity contribution in [1.82, 2.24) is 34.9 Å². The van der Waals surface area contributed by atoms with E-state index in [0.717, 1.165) is 66.1 Å². The number of nitrogens with one attached hydrogen (secondary N) is 2. The lowest BCUT2D eigenvalue weighted by Crippen LogP contribution is -2.48. The number of hydrogen-bond donors (Lipinski definition) is 2. The Hall–Kier alpha value is -3.36. The number of likely N-dealkylation sites (N-methyl/N-ethyl adjacent to an activating group) is 1. The number of piperazine rings is 1. The maximum Gasteiger partial charge on any atom is 0.204 e. The van der Waals surface area contributed by atoms with Crippen molar-refractivity contribution < 1.29 is 9.13 Å². The van der Waals surface area contributed by atoms with Crippen LogP contribution >= 0.6 is 23.5 Å². The Morgan fingerprint density at radius 3 is 2.26 bits per heavy atom. The summed E-state index contributed by atoms with van der Waals surface area (Å²) in [6.45, 7) is 7.66. The van der Waals surface area contributed by atoms with E-state index in [2.05, 4.69) is 68.6 Å². The van der Waals surface area contributed by atoms with Gasteiger partial charge in [0.25, 0.3) is 0 Å². The Morgan fingerprint density at radius 1 is 0.957 bits per heavy atom. The van der Waals surface area contributed by atoms with E-state index in [1.165, 1.54) is 17.8 Å². The number of aromatic amines is 1.